The van der Waals surface area contributed by atoms with Crippen LogP contribution in [0.1, 0.15) is 66.5 Å². The largest absolute Gasteiger partial charge is 0.0683 e. The zero-order valence-corrected chi connectivity index (χ0v) is 18.1. The molecule has 0 radical (unpaired) electrons. The van der Waals surface area contributed by atoms with Gasteiger partial charge in [0.15, 0.2) is 0 Å². The third kappa shape index (κ3) is 14.2. The molecule has 0 N–H and O–H groups in total. The molecule has 2 rings (SSSR count). The van der Waals surface area contributed by atoms with Crippen LogP contribution in [0.4, 0.5) is 0 Å². The van der Waals surface area contributed by atoms with Crippen molar-refractivity contribution in [2.45, 2.75) is 69.2 Å². The van der Waals surface area contributed by atoms with Crippen LogP contribution < -0.4 is 10.6 Å². The van der Waals surface area contributed by atoms with E-state index < -0.39 is 0 Å². The molecule has 0 nitrogen and oxygen atoms in total. The summed E-state index contributed by atoms with van der Waals surface area (Å²) in [5.74, 6) is 0. The predicted octanol–water partition coefficient (Wildman–Crippen LogP) is 7.04. The van der Waals surface area contributed by atoms with Crippen molar-refractivity contribution >= 4 is 19.2 Å². The second-order valence-electron chi connectivity index (χ2n) is 3.86. The summed E-state index contributed by atoms with van der Waals surface area (Å²) in [5.41, 5.74) is 2.65. The van der Waals surface area contributed by atoms with Crippen LogP contribution in [0, 0.1) is 13.8 Å². The Kier molecular flexibility index (Phi) is 24.3. The monoisotopic (exact) mass is 334 g/mol. The molecular formula is C22H39P. The minimum Gasteiger partial charge on any atom is -0.0683 e. The summed E-state index contributed by atoms with van der Waals surface area (Å²) in [7, 11) is 0.769. The van der Waals surface area contributed by atoms with Crippen molar-refractivity contribution in [2.75, 3.05) is 0 Å². The van der Waals surface area contributed by atoms with Crippen molar-refractivity contribution < 1.29 is 0 Å². The summed E-state index contributed by atoms with van der Waals surface area (Å²) >= 11 is 0. The molecule has 0 aromatic heterocycles. The van der Waals surface area contributed by atoms with E-state index in [9.17, 15) is 0 Å². The van der Waals surface area contributed by atoms with Gasteiger partial charge >= 0.3 is 0 Å². The van der Waals surface area contributed by atoms with E-state index in [1.54, 1.807) is 0 Å². The Morgan fingerprint density at radius 3 is 0.870 bits per heavy atom. The number of aryl methyl sites for hydroxylation is 2. The lowest BCUT2D eigenvalue weighted by Gasteiger charge is -2.03. The van der Waals surface area contributed by atoms with Gasteiger partial charge in [-0.25, -0.2) is 0 Å². The Hall–Kier alpha value is -1.13. The minimum atomic E-state index is 0.769. The lowest BCUT2D eigenvalue weighted by Crippen LogP contribution is -2.02. The first-order valence-electron chi connectivity index (χ1n) is 9.14. The first-order chi connectivity index (χ1) is 11.2. The molecular weight excluding hydrogens is 295 g/mol. The van der Waals surface area contributed by atoms with Gasteiger partial charge in [-0.05, 0) is 24.5 Å². The summed E-state index contributed by atoms with van der Waals surface area (Å²) in [6, 6.07) is 17.6. The van der Waals surface area contributed by atoms with Gasteiger partial charge in [0.1, 0.15) is 0 Å². The van der Waals surface area contributed by atoms with Crippen LogP contribution in [0.2, 0.25) is 0 Å². The summed E-state index contributed by atoms with van der Waals surface area (Å²) in [4.78, 5) is 0. The van der Waals surface area contributed by atoms with Gasteiger partial charge in [0.2, 0.25) is 0 Å². The van der Waals surface area contributed by atoms with Gasteiger partial charge in [0.05, 0.1) is 0 Å². The zero-order chi connectivity index (χ0) is 18.7. The Balaban J connectivity index is -0.000000438. The molecule has 2 aromatic rings. The molecule has 0 amide bonds. The number of benzene rings is 2. The standard InChI is InChI=1S/C14H15P.4C2H6/c1-11-3-7-13(8-4-11)15-14-9-5-12(2)6-10-14;4*1-2/h3-10,15H,1-2H3;4*1-2H3. The molecule has 132 valence electrons. The van der Waals surface area contributed by atoms with Crippen LogP contribution in [0.25, 0.3) is 0 Å². The van der Waals surface area contributed by atoms with Crippen molar-refractivity contribution in [3.05, 3.63) is 59.7 Å². The fourth-order valence-electron chi connectivity index (χ4n) is 1.44. The van der Waals surface area contributed by atoms with E-state index >= 15 is 0 Å². The highest BCUT2D eigenvalue weighted by atomic mass is 31.1. The first kappa shape index (κ1) is 26.8. The van der Waals surface area contributed by atoms with E-state index in [2.05, 4.69) is 62.4 Å². The molecule has 0 saturated carbocycles. The molecule has 0 spiro atoms. The summed E-state index contributed by atoms with van der Waals surface area (Å²) in [5, 5.41) is 2.81. The van der Waals surface area contributed by atoms with E-state index in [4.69, 9.17) is 0 Å². The second-order valence-corrected chi connectivity index (χ2v) is 5.26. The molecule has 1 heteroatoms. The molecule has 0 aliphatic rings. The number of hydrogen-bond acceptors (Lipinski definition) is 0. The van der Waals surface area contributed by atoms with Gasteiger partial charge in [0, 0.05) is 0 Å². The van der Waals surface area contributed by atoms with E-state index in [-0.39, 0.29) is 0 Å². The molecule has 0 unspecified atom stereocenters. The Bertz CT molecular complexity index is 383. The molecule has 0 aliphatic heterocycles. The van der Waals surface area contributed by atoms with Crippen molar-refractivity contribution in [3.8, 4) is 0 Å². The van der Waals surface area contributed by atoms with Gasteiger partial charge in [-0.3, -0.25) is 0 Å². The highest BCUT2D eigenvalue weighted by Gasteiger charge is 1.95. The molecule has 0 bridgehead atoms. The van der Waals surface area contributed by atoms with Crippen LogP contribution >= 0.6 is 8.58 Å². The Morgan fingerprint density at radius 2 is 0.652 bits per heavy atom. The SMILES string of the molecule is CC.CC.CC.CC.Cc1ccc(Pc2ccc(C)cc2)cc1. The van der Waals surface area contributed by atoms with Crippen LogP contribution in [0.5, 0.6) is 0 Å². The fraction of sp³-hybridized carbons (Fsp3) is 0.455. The van der Waals surface area contributed by atoms with Crippen molar-refractivity contribution in [1.29, 1.82) is 0 Å². The molecule has 0 saturated heterocycles. The third-order valence-corrected chi connectivity index (χ3v) is 3.64. The molecule has 2 aromatic carbocycles. The third-order valence-electron chi connectivity index (χ3n) is 2.39. The van der Waals surface area contributed by atoms with Gasteiger partial charge in [-0.1, -0.05) is 124 Å². The van der Waals surface area contributed by atoms with Gasteiger partial charge in [-0.2, -0.15) is 0 Å². The van der Waals surface area contributed by atoms with Crippen LogP contribution in [-0.2, 0) is 0 Å². The van der Waals surface area contributed by atoms with Crippen LogP contribution in [0.15, 0.2) is 48.5 Å². The fourth-order valence-corrected chi connectivity index (χ4v) is 2.44. The van der Waals surface area contributed by atoms with Gasteiger partial charge in [0.25, 0.3) is 0 Å². The van der Waals surface area contributed by atoms with E-state index in [0.717, 1.165) is 8.58 Å². The second kappa shape index (κ2) is 20.9. The minimum absolute atomic E-state index is 0.769. The topological polar surface area (TPSA) is 0 Å². The Labute approximate surface area is 148 Å². The average molecular weight is 335 g/mol. The lowest BCUT2D eigenvalue weighted by atomic mass is 10.2. The quantitative estimate of drug-likeness (QED) is 0.517. The van der Waals surface area contributed by atoms with Crippen LogP contribution in [-0.4, -0.2) is 0 Å². The van der Waals surface area contributed by atoms with Crippen LogP contribution in [0.3, 0.4) is 0 Å². The Morgan fingerprint density at radius 1 is 0.435 bits per heavy atom. The normalized spacial score (nSPS) is 7.74. The highest BCUT2D eigenvalue weighted by Crippen LogP contribution is 2.11. The average Bonchev–Trinajstić information content (AvgIpc) is 2.66. The van der Waals surface area contributed by atoms with Crippen molar-refractivity contribution in [3.63, 3.8) is 0 Å². The summed E-state index contributed by atoms with van der Waals surface area (Å²) in [6.45, 7) is 20.2. The predicted molar refractivity (Wildman–Crippen MR) is 115 cm³/mol. The maximum absolute atomic E-state index is 2.22. The van der Waals surface area contributed by atoms with E-state index in [0.29, 0.717) is 0 Å². The highest BCUT2D eigenvalue weighted by molar-refractivity contribution is 7.55. The van der Waals surface area contributed by atoms with Gasteiger partial charge < -0.3 is 0 Å². The van der Waals surface area contributed by atoms with E-state index in [1.807, 2.05) is 55.4 Å². The first-order valence-corrected chi connectivity index (χ1v) is 10.1. The summed E-state index contributed by atoms with van der Waals surface area (Å²) in [6.07, 6.45) is 0. The maximum Gasteiger partial charge on any atom is -0.0226 e. The van der Waals surface area contributed by atoms with Crippen molar-refractivity contribution in [1.82, 2.24) is 0 Å². The molecule has 0 atom stereocenters. The van der Waals surface area contributed by atoms with Crippen molar-refractivity contribution in [2.24, 2.45) is 0 Å². The lowest BCUT2D eigenvalue weighted by molar-refractivity contribution is 1.49. The number of rotatable bonds is 2. The van der Waals surface area contributed by atoms with E-state index in [1.165, 1.54) is 21.7 Å². The molecule has 23 heavy (non-hydrogen) atoms. The maximum atomic E-state index is 2.22. The van der Waals surface area contributed by atoms with Gasteiger partial charge in [-0.15, -0.1) is 0 Å². The summed E-state index contributed by atoms with van der Waals surface area (Å²) < 4.78 is 0. The molecule has 0 aliphatic carbocycles. The number of hydrogen-bond donors (Lipinski definition) is 0. The molecule has 0 fully saturated rings. The molecule has 0 heterocycles. The smallest absolute Gasteiger partial charge is 0.0226 e. The zero-order valence-electron chi connectivity index (χ0n) is 17.1.